The number of nitrogens with zero attached hydrogens (tertiary/aromatic N) is 3. The van der Waals surface area contributed by atoms with Gasteiger partial charge in [-0.2, -0.15) is 0 Å². The topological polar surface area (TPSA) is 29.0 Å². The van der Waals surface area contributed by atoms with Crippen LogP contribution < -0.4 is 4.90 Å². The van der Waals surface area contributed by atoms with Gasteiger partial charge < -0.3 is 4.90 Å². The maximum atomic E-state index is 4.34. The van der Waals surface area contributed by atoms with Gasteiger partial charge in [0.25, 0.3) is 0 Å². The summed E-state index contributed by atoms with van der Waals surface area (Å²) in [6.45, 7) is 6.77. The number of piperidine rings is 1. The van der Waals surface area contributed by atoms with Crippen LogP contribution >= 0.6 is 0 Å². The van der Waals surface area contributed by atoms with Crippen LogP contribution in [-0.2, 0) is 0 Å². The quantitative estimate of drug-likeness (QED) is 0.753. The summed E-state index contributed by atoms with van der Waals surface area (Å²) in [6, 6.07) is 13.9. The highest BCUT2D eigenvalue weighted by molar-refractivity contribution is 5.43. The van der Waals surface area contributed by atoms with Crippen molar-refractivity contribution in [2.75, 3.05) is 18.0 Å². The van der Waals surface area contributed by atoms with Crippen LogP contribution in [0.5, 0.6) is 0 Å². The fourth-order valence-corrected chi connectivity index (χ4v) is 2.56. The van der Waals surface area contributed by atoms with Gasteiger partial charge in [-0.3, -0.25) is 0 Å². The minimum atomic E-state index is 0.449. The highest BCUT2D eigenvalue weighted by atomic mass is 15.3. The zero-order valence-corrected chi connectivity index (χ0v) is 13.2. The second kappa shape index (κ2) is 6.19. The Morgan fingerprint density at radius 2 is 1.64 bits per heavy atom. The van der Waals surface area contributed by atoms with E-state index < -0.39 is 0 Å². The van der Waals surface area contributed by atoms with E-state index >= 15 is 0 Å². The molecule has 0 radical (unpaired) electrons. The molecule has 2 aromatic rings. The Balaban J connectivity index is 1.68. The molecule has 1 aliphatic heterocycles. The molecular formula is C19H21N3. The molecule has 0 saturated carbocycles. The number of benzene rings is 1. The van der Waals surface area contributed by atoms with Crippen molar-refractivity contribution in [3.8, 4) is 11.8 Å². The molecule has 1 fully saturated rings. The molecular weight excluding hydrogens is 270 g/mol. The predicted molar refractivity (Wildman–Crippen MR) is 89.7 cm³/mol. The van der Waals surface area contributed by atoms with Crippen molar-refractivity contribution in [1.29, 1.82) is 0 Å². The van der Waals surface area contributed by atoms with E-state index in [-0.39, 0.29) is 0 Å². The Bertz CT molecular complexity index is 668. The van der Waals surface area contributed by atoms with Crippen LogP contribution in [0.2, 0.25) is 0 Å². The van der Waals surface area contributed by atoms with Crippen molar-refractivity contribution in [2.45, 2.75) is 26.7 Å². The van der Waals surface area contributed by atoms with Crippen LogP contribution in [0.15, 0.2) is 42.5 Å². The Morgan fingerprint density at radius 3 is 2.27 bits per heavy atom. The maximum absolute atomic E-state index is 4.34. The number of hydrogen-bond donors (Lipinski definition) is 0. The zero-order valence-electron chi connectivity index (χ0n) is 13.2. The van der Waals surface area contributed by atoms with Gasteiger partial charge in [0.2, 0.25) is 0 Å². The van der Waals surface area contributed by atoms with Crippen LogP contribution in [0.3, 0.4) is 0 Å². The summed E-state index contributed by atoms with van der Waals surface area (Å²) in [6.07, 6.45) is 2.40. The molecule has 0 bridgehead atoms. The Hall–Kier alpha value is -2.34. The predicted octanol–water partition coefficient (Wildman–Crippen LogP) is 3.50. The average molecular weight is 291 g/mol. The first-order chi connectivity index (χ1) is 10.6. The molecule has 0 unspecified atom stereocenters. The van der Waals surface area contributed by atoms with Crippen molar-refractivity contribution in [2.24, 2.45) is 5.41 Å². The van der Waals surface area contributed by atoms with E-state index in [0.717, 1.165) is 24.5 Å². The Kier molecular flexibility index (Phi) is 4.11. The second-order valence-corrected chi connectivity index (χ2v) is 6.54. The molecule has 112 valence electrons. The van der Waals surface area contributed by atoms with Crippen molar-refractivity contribution < 1.29 is 0 Å². The summed E-state index contributed by atoms with van der Waals surface area (Å²) in [7, 11) is 0. The molecule has 1 aromatic carbocycles. The minimum absolute atomic E-state index is 0.449. The van der Waals surface area contributed by atoms with Gasteiger partial charge in [0.05, 0.1) is 0 Å². The average Bonchev–Trinajstić information content (AvgIpc) is 2.55. The molecule has 0 amide bonds. The lowest BCUT2D eigenvalue weighted by atomic mass is 9.83. The van der Waals surface area contributed by atoms with E-state index in [0.29, 0.717) is 11.1 Å². The SMILES string of the molecule is CC1(C)CCN(c2ccc(C#Cc3ccccc3)nn2)CC1. The molecule has 3 rings (SSSR count). The standard InChI is InChI=1S/C19H21N3/c1-19(2)12-14-22(15-13-19)18-11-10-17(20-21-18)9-8-16-6-4-3-5-7-16/h3-7,10-11H,12-15H2,1-2H3. The first-order valence-corrected chi connectivity index (χ1v) is 7.78. The van der Waals surface area contributed by atoms with Gasteiger partial charge >= 0.3 is 0 Å². The van der Waals surface area contributed by atoms with Crippen molar-refractivity contribution >= 4 is 5.82 Å². The molecule has 1 aromatic heterocycles. The largest absolute Gasteiger partial charge is 0.355 e. The van der Waals surface area contributed by atoms with Crippen LogP contribution in [-0.4, -0.2) is 23.3 Å². The molecule has 3 nitrogen and oxygen atoms in total. The van der Waals surface area contributed by atoms with Gasteiger partial charge in [0, 0.05) is 18.7 Å². The third-order valence-electron chi connectivity index (χ3n) is 4.20. The highest BCUT2D eigenvalue weighted by Crippen LogP contribution is 2.31. The van der Waals surface area contributed by atoms with Gasteiger partial charge in [0.15, 0.2) is 5.82 Å². The van der Waals surface area contributed by atoms with Gasteiger partial charge in [-0.1, -0.05) is 38.0 Å². The highest BCUT2D eigenvalue weighted by Gasteiger charge is 2.25. The summed E-state index contributed by atoms with van der Waals surface area (Å²) >= 11 is 0. The van der Waals surface area contributed by atoms with Crippen LogP contribution in [0.25, 0.3) is 0 Å². The van der Waals surface area contributed by atoms with Gasteiger partial charge in [0.1, 0.15) is 5.69 Å². The minimum Gasteiger partial charge on any atom is -0.355 e. The summed E-state index contributed by atoms with van der Waals surface area (Å²) < 4.78 is 0. The Labute approximate surface area is 132 Å². The molecule has 0 aliphatic carbocycles. The molecule has 0 N–H and O–H groups in total. The van der Waals surface area contributed by atoms with E-state index in [1.54, 1.807) is 0 Å². The number of hydrogen-bond acceptors (Lipinski definition) is 3. The molecule has 1 saturated heterocycles. The van der Waals surface area contributed by atoms with Gasteiger partial charge in [-0.25, -0.2) is 0 Å². The third kappa shape index (κ3) is 3.65. The van der Waals surface area contributed by atoms with Gasteiger partial charge in [-0.05, 0) is 48.4 Å². The van der Waals surface area contributed by atoms with Crippen LogP contribution in [0, 0.1) is 17.3 Å². The molecule has 0 atom stereocenters. The number of anilines is 1. The summed E-state index contributed by atoms with van der Waals surface area (Å²) in [5.41, 5.74) is 2.15. The number of rotatable bonds is 1. The van der Waals surface area contributed by atoms with E-state index in [1.165, 1.54) is 12.8 Å². The number of aromatic nitrogens is 2. The van der Waals surface area contributed by atoms with Crippen LogP contribution in [0.4, 0.5) is 5.82 Å². The van der Waals surface area contributed by atoms with Crippen molar-refractivity contribution in [3.63, 3.8) is 0 Å². The molecule has 22 heavy (non-hydrogen) atoms. The normalized spacial score (nSPS) is 16.7. The monoisotopic (exact) mass is 291 g/mol. The third-order valence-corrected chi connectivity index (χ3v) is 4.20. The summed E-state index contributed by atoms with van der Waals surface area (Å²) in [4.78, 5) is 2.31. The zero-order chi connectivity index (χ0) is 15.4. The second-order valence-electron chi connectivity index (χ2n) is 6.54. The first kappa shape index (κ1) is 14.6. The van der Waals surface area contributed by atoms with E-state index in [1.807, 2.05) is 42.5 Å². The van der Waals surface area contributed by atoms with E-state index in [4.69, 9.17) is 0 Å². The molecule has 0 spiro atoms. The molecule has 2 heterocycles. The maximum Gasteiger partial charge on any atom is 0.151 e. The van der Waals surface area contributed by atoms with Crippen molar-refractivity contribution in [1.82, 2.24) is 10.2 Å². The lowest BCUT2D eigenvalue weighted by Crippen LogP contribution is -2.37. The Morgan fingerprint density at radius 1 is 0.909 bits per heavy atom. The smallest absolute Gasteiger partial charge is 0.151 e. The first-order valence-electron chi connectivity index (χ1n) is 7.78. The van der Waals surface area contributed by atoms with E-state index in [2.05, 4.69) is 40.8 Å². The fraction of sp³-hybridized carbons (Fsp3) is 0.368. The van der Waals surface area contributed by atoms with Crippen molar-refractivity contribution in [3.05, 3.63) is 53.7 Å². The summed E-state index contributed by atoms with van der Waals surface area (Å²) in [5, 5.41) is 8.58. The summed E-state index contributed by atoms with van der Waals surface area (Å²) in [5.74, 6) is 7.13. The van der Waals surface area contributed by atoms with Gasteiger partial charge in [-0.15, -0.1) is 10.2 Å². The molecule has 3 heteroatoms. The van der Waals surface area contributed by atoms with Crippen LogP contribution in [0.1, 0.15) is 37.9 Å². The lowest BCUT2D eigenvalue weighted by molar-refractivity contribution is 0.279. The lowest BCUT2D eigenvalue weighted by Gasteiger charge is -2.37. The molecule has 1 aliphatic rings. The fourth-order valence-electron chi connectivity index (χ4n) is 2.56. The van der Waals surface area contributed by atoms with E-state index in [9.17, 15) is 0 Å².